The fraction of sp³-hybridized carbons (Fsp3) is 0.364. The standard InChI is InChI=1S/C16H22O4.C6H6O3S/c1-3-5-11-19-15(17)13-9-7-8-10-14(13)16(18)20-12-6-4-2;7-10(8,9)6-4-2-1-3-5-6/h7-10H,3-6,11-12H2,1-2H3;1-5H,(H,7,8,9). The van der Waals surface area contributed by atoms with E-state index >= 15 is 0 Å². The maximum Gasteiger partial charge on any atom is 0.339 e. The van der Waals surface area contributed by atoms with Crippen LogP contribution in [0.25, 0.3) is 0 Å². The van der Waals surface area contributed by atoms with Gasteiger partial charge >= 0.3 is 11.9 Å². The highest BCUT2D eigenvalue weighted by Gasteiger charge is 2.18. The van der Waals surface area contributed by atoms with Gasteiger partial charge in [0.05, 0.1) is 29.2 Å². The van der Waals surface area contributed by atoms with E-state index in [0.29, 0.717) is 13.2 Å². The summed E-state index contributed by atoms with van der Waals surface area (Å²) in [5, 5.41) is 0. The Morgan fingerprint density at radius 1 is 0.767 bits per heavy atom. The first-order valence-electron chi connectivity index (χ1n) is 9.77. The lowest BCUT2D eigenvalue weighted by atomic mass is 10.1. The molecule has 0 saturated carbocycles. The Balaban J connectivity index is 0.000000375. The zero-order chi connectivity index (χ0) is 22.4. The molecule has 2 aromatic rings. The predicted molar refractivity (Wildman–Crippen MR) is 113 cm³/mol. The van der Waals surface area contributed by atoms with E-state index in [1.807, 2.05) is 13.8 Å². The molecule has 0 aliphatic rings. The second-order valence-corrected chi connectivity index (χ2v) is 7.73. The summed E-state index contributed by atoms with van der Waals surface area (Å²) in [7, 11) is -4.00. The number of unbranched alkanes of at least 4 members (excludes halogenated alkanes) is 2. The van der Waals surface area contributed by atoms with E-state index in [1.54, 1.807) is 42.5 Å². The molecule has 8 heteroatoms. The topological polar surface area (TPSA) is 107 Å². The average Bonchev–Trinajstić information content (AvgIpc) is 2.74. The van der Waals surface area contributed by atoms with Crippen molar-refractivity contribution in [3.05, 3.63) is 65.7 Å². The quantitative estimate of drug-likeness (QED) is 0.349. The van der Waals surface area contributed by atoms with Crippen LogP contribution >= 0.6 is 0 Å². The van der Waals surface area contributed by atoms with Gasteiger partial charge in [0.1, 0.15) is 0 Å². The smallest absolute Gasteiger partial charge is 0.339 e. The van der Waals surface area contributed by atoms with Crippen molar-refractivity contribution < 1.29 is 32.0 Å². The molecule has 1 N–H and O–H groups in total. The molecular formula is C22H28O7S. The SMILES string of the molecule is CCCCOC(=O)c1ccccc1C(=O)OCCCC.O=S(=O)(O)c1ccccc1. The zero-order valence-corrected chi connectivity index (χ0v) is 18.1. The summed E-state index contributed by atoms with van der Waals surface area (Å²) >= 11 is 0. The van der Waals surface area contributed by atoms with Gasteiger partial charge in [-0.25, -0.2) is 9.59 Å². The molecule has 0 aliphatic carbocycles. The highest BCUT2D eigenvalue weighted by molar-refractivity contribution is 7.85. The van der Waals surface area contributed by atoms with Crippen LogP contribution in [-0.2, 0) is 19.6 Å². The van der Waals surface area contributed by atoms with E-state index in [1.165, 1.54) is 12.1 Å². The Bertz CT molecular complexity index is 852. The van der Waals surface area contributed by atoms with Crippen LogP contribution in [0.3, 0.4) is 0 Å². The Hall–Kier alpha value is -2.71. The van der Waals surface area contributed by atoms with E-state index in [-0.39, 0.29) is 16.0 Å². The van der Waals surface area contributed by atoms with Crippen LogP contribution in [0, 0.1) is 0 Å². The summed E-state index contributed by atoms with van der Waals surface area (Å²) in [6, 6.07) is 14.0. The van der Waals surface area contributed by atoms with Crippen LogP contribution in [0.2, 0.25) is 0 Å². The first kappa shape index (κ1) is 25.3. The zero-order valence-electron chi connectivity index (χ0n) is 17.2. The molecule has 30 heavy (non-hydrogen) atoms. The number of benzene rings is 2. The van der Waals surface area contributed by atoms with E-state index in [0.717, 1.165) is 25.7 Å². The third-order valence-corrected chi connectivity index (χ3v) is 4.74. The van der Waals surface area contributed by atoms with Crippen LogP contribution in [0.5, 0.6) is 0 Å². The second-order valence-electron chi connectivity index (χ2n) is 6.31. The molecule has 2 aromatic carbocycles. The van der Waals surface area contributed by atoms with Gasteiger partial charge in [0.25, 0.3) is 10.1 Å². The monoisotopic (exact) mass is 436 g/mol. The fourth-order valence-corrected chi connectivity index (χ4v) is 2.71. The minimum atomic E-state index is -4.00. The van der Waals surface area contributed by atoms with Crippen LogP contribution in [0.15, 0.2) is 59.5 Å². The summed E-state index contributed by atoms with van der Waals surface area (Å²) in [6.45, 7) is 4.78. The number of carbonyl (C=O) groups excluding carboxylic acids is 2. The van der Waals surface area contributed by atoms with Crippen molar-refractivity contribution in [3.63, 3.8) is 0 Å². The molecule has 0 heterocycles. The predicted octanol–water partition coefficient (Wildman–Crippen LogP) is 4.53. The normalized spacial score (nSPS) is 10.5. The van der Waals surface area contributed by atoms with Crippen molar-refractivity contribution in [3.8, 4) is 0 Å². The first-order chi connectivity index (χ1) is 14.3. The van der Waals surface area contributed by atoms with Gasteiger partial charge in [-0.05, 0) is 37.1 Å². The third kappa shape index (κ3) is 9.19. The van der Waals surface area contributed by atoms with Gasteiger partial charge in [-0.1, -0.05) is 57.0 Å². The summed E-state index contributed by atoms with van der Waals surface area (Å²) in [6.07, 6.45) is 3.53. The van der Waals surface area contributed by atoms with Crippen molar-refractivity contribution in [2.24, 2.45) is 0 Å². The summed E-state index contributed by atoms with van der Waals surface area (Å²) in [4.78, 5) is 23.8. The Labute approximate surface area is 177 Å². The van der Waals surface area contributed by atoms with Gasteiger partial charge < -0.3 is 9.47 Å². The second kappa shape index (κ2) is 13.5. The van der Waals surface area contributed by atoms with Gasteiger partial charge in [-0.3, -0.25) is 4.55 Å². The summed E-state index contributed by atoms with van der Waals surface area (Å²) < 4.78 is 39.5. The van der Waals surface area contributed by atoms with Crippen LogP contribution in [0.1, 0.15) is 60.2 Å². The molecule has 0 atom stereocenters. The molecule has 164 valence electrons. The van der Waals surface area contributed by atoms with Gasteiger partial charge in [0.15, 0.2) is 0 Å². The van der Waals surface area contributed by atoms with E-state index in [4.69, 9.17) is 14.0 Å². The summed E-state index contributed by atoms with van der Waals surface area (Å²) in [5.41, 5.74) is 0.537. The molecule has 0 fully saturated rings. The average molecular weight is 437 g/mol. The number of rotatable bonds is 9. The van der Waals surface area contributed by atoms with Crippen LogP contribution in [0.4, 0.5) is 0 Å². The molecule has 0 aromatic heterocycles. The first-order valence-corrected chi connectivity index (χ1v) is 11.2. The molecule has 0 unspecified atom stereocenters. The molecule has 7 nitrogen and oxygen atoms in total. The van der Waals surface area contributed by atoms with Gasteiger partial charge in [-0.15, -0.1) is 0 Å². The van der Waals surface area contributed by atoms with Crippen molar-refractivity contribution in [1.29, 1.82) is 0 Å². The van der Waals surface area contributed by atoms with Crippen LogP contribution < -0.4 is 0 Å². The molecule has 0 amide bonds. The lowest BCUT2D eigenvalue weighted by Crippen LogP contribution is -2.14. The Morgan fingerprint density at radius 2 is 1.17 bits per heavy atom. The largest absolute Gasteiger partial charge is 0.462 e. The van der Waals surface area contributed by atoms with Gasteiger partial charge in [0, 0.05) is 0 Å². The maximum absolute atomic E-state index is 11.9. The third-order valence-electron chi connectivity index (χ3n) is 3.87. The number of esters is 2. The molecule has 0 saturated heterocycles. The van der Waals surface area contributed by atoms with E-state index in [9.17, 15) is 18.0 Å². The number of ether oxygens (including phenoxy) is 2. The number of hydrogen-bond donors (Lipinski definition) is 1. The van der Waals surface area contributed by atoms with Crippen molar-refractivity contribution in [1.82, 2.24) is 0 Å². The lowest BCUT2D eigenvalue weighted by molar-refractivity contribution is 0.0452. The fourth-order valence-electron chi connectivity index (χ4n) is 2.21. The number of carbonyl (C=O) groups is 2. The molecule has 0 bridgehead atoms. The minimum Gasteiger partial charge on any atom is -0.462 e. The molecule has 0 radical (unpaired) electrons. The molecular weight excluding hydrogens is 408 g/mol. The maximum atomic E-state index is 11.9. The highest BCUT2D eigenvalue weighted by Crippen LogP contribution is 2.12. The van der Waals surface area contributed by atoms with Crippen molar-refractivity contribution >= 4 is 22.1 Å². The van der Waals surface area contributed by atoms with Crippen LogP contribution in [-0.4, -0.2) is 38.1 Å². The Kier molecular flexibility index (Phi) is 11.4. The lowest BCUT2D eigenvalue weighted by Gasteiger charge is -2.09. The van der Waals surface area contributed by atoms with E-state index in [2.05, 4.69) is 0 Å². The van der Waals surface area contributed by atoms with Gasteiger partial charge in [-0.2, -0.15) is 8.42 Å². The molecule has 0 spiro atoms. The molecule has 2 rings (SSSR count). The van der Waals surface area contributed by atoms with E-state index < -0.39 is 22.1 Å². The van der Waals surface area contributed by atoms with Crippen molar-refractivity contribution in [2.75, 3.05) is 13.2 Å². The number of hydrogen-bond acceptors (Lipinski definition) is 6. The van der Waals surface area contributed by atoms with Crippen molar-refractivity contribution in [2.45, 2.75) is 44.4 Å². The van der Waals surface area contributed by atoms with Gasteiger partial charge in [0.2, 0.25) is 0 Å². The Morgan fingerprint density at radius 3 is 1.50 bits per heavy atom. The highest BCUT2D eigenvalue weighted by atomic mass is 32.2. The summed E-state index contributed by atoms with van der Waals surface area (Å²) in [5.74, 6) is -0.942. The molecule has 0 aliphatic heterocycles. The minimum absolute atomic E-state index is 0.0741.